The third-order valence-electron chi connectivity index (χ3n) is 5.78. The summed E-state index contributed by atoms with van der Waals surface area (Å²) in [6, 6.07) is 0.279. The minimum atomic E-state index is -0.197. The quantitative estimate of drug-likeness (QED) is 0.789. The van der Waals surface area contributed by atoms with Crippen molar-refractivity contribution >= 4 is 5.91 Å². The highest BCUT2D eigenvalue weighted by Crippen LogP contribution is 2.32. The molecule has 2 saturated heterocycles. The van der Waals surface area contributed by atoms with Crippen LogP contribution in [0.4, 0.5) is 0 Å². The minimum Gasteiger partial charge on any atom is -0.393 e. The summed E-state index contributed by atoms with van der Waals surface area (Å²) < 4.78 is 5.65. The molecule has 1 saturated carbocycles. The van der Waals surface area contributed by atoms with Crippen LogP contribution in [0.25, 0.3) is 0 Å². The zero-order chi connectivity index (χ0) is 16.2. The molecule has 1 amide bonds. The van der Waals surface area contributed by atoms with Crippen LogP contribution in [0.2, 0.25) is 0 Å². The van der Waals surface area contributed by atoms with Gasteiger partial charge in [-0.2, -0.15) is 0 Å². The molecule has 3 unspecified atom stereocenters. The molecule has 0 aromatic carbocycles. The average Bonchev–Trinajstić information content (AvgIpc) is 2.99. The van der Waals surface area contributed by atoms with Crippen molar-refractivity contribution in [1.29, 1.82) is 0 Å². The van der Waals surface area contributed by atoms with E-state index in [1.807, 2.05) is 4.90 Å². The number of nitrogens with zero attached hydrogens (tertiary/aromatic N) is 3. The number of likely N-dealkylation sites (N-methyl/N-ethyl adjacent to an activating group) is 1. The van der Waals surface area contributed by atoms with E-state index in [0.717, 1.165) is 65.1 Å². The standard InChI is InChI=1S/C17H31N3O3/c1-18-7-9-20(10-8-18)17(22)5-6-19-11-12-23-13-15(19)14-3-2-4-16(14)21/h14-16,21H,2-13H2,1H3. The molecular formula is C17H31N3O3. The topological polar surface area (TPSA) is 56.2 Å². The SMILES string of the molecule is CN1CCN(C(=O)CCN2CCOCC2C2CCCC2O)CC1. The molecule has 3 atom stereocenters. The second kappa shape index (κ2) is 7.92. The molecule has 0 aromatic rings. The highest BCUT2D eigenvalue weighted by atomic mass is 16.5. The second-order valence-electron chi connectivity index (χ2n) is 7.27. The Balaban J connectivity index is 1.50. The predicted molar refractivity (Wildman–Crippen MR) is 88.2 cm³/mol. The van der Waals surface area contributed by atoms with Crippen LogP contribution in [-0.2, 0) is 9.53 Å². The van der Waals surface area contributed by atoms with Crippen molar-refractivity contribution in [1.82, 2.24) is 14.7 Å². The Kier molecular flexibility index (Phi) is 5.91. The Morgan fingerprint density at radius 3 is 2.65 bits per heavy atom. The number of rotatable bonds is 4. The minimum absolute atomic E-state index is 0.197. The van der Waals surface area contributed by atoms with Crippen LogP contribution >= 0.6 is 0 Å². The van der Waals surface area contributed by atoms with Crippen LogP contribution in [-0.4, -0.2) is 97.4 Å². The van der Waals surface area contributed by atoms with Crippen molar-refractivity contribution in [3.05, 3.63) is 0 Å². The molecule has 3 fully saturated rings. The molecule has 2 aliphatic heterocycles. The third kappa shape index (κ3) is 4.24. The maximum Gasteiger partial charge on any atom is 0.223 e. The number of ether oxygens (including phenoxy) is 1. The van der Waals surface area contributed by atoms with Gasteiger partial charge in [0.25, 0.3) is 0 Å². The van der Waals surface area contributed by atoms with Crippen molar-refractivity contribution in [2.24, 2.45) is 5.92 Å². The molecule has 6 heteroatoms. The molecular weight excluding hydrogens is 294 g/mol. The molecule has 132 valence electrons. The lowest BCUT2D eigenvalue weighted by Gasteiger charge is -2.40. The molecule has 1 aliphatic carbocycles. The van der Waals surface area contributed by atoms with E-state index in [0.29, 0.717) is 18.9 Å². The van der Waals surface area contributed by atoms with Crippen molar-refractivity contribution < 1.29 is 14.6 Å². The summed E-state index contributed by atoms with van der Waals surface area (Å²) in [7, 11) is 2.10. The average molecular weight is 325 g/mol. The van der Waals surface area contributed by atoms with E-state index in [2.05, 4.69) is 16.8 Å². The van der Waals surface area contributed by atoms with Gasteiger partial charge in [0.2, 0.25) is 5.91 Å². The predicted octanol–water partition coefficient (Wildman–Crippen LogP) is 0.0123. The fraction of sp³-hybridized carbons (Fsp3) is 0.941. The van der Waals surface area contributed by atoms with Gasteiger partial charge in [0.05, 0.1) is 19.3 Å². The number of aliphatic hydroxyl groups excluding tert-OH is 1. The number of amides is 1. The molecule has 0 radical (unpaired) electrons. The molecule has 6 nitrogen and oxygen atoms in total. The summed E-state index contributed by atoms with van der Waals surface area (Å²) in [6.45, 7) is 6.76. The van der Waals surface area contributed by atoms with Gasteiger partial charge >= 0.3 is 0 Å². The summed E-state index contributed by atoms with van der Waals surface area (Å²) in [5.41, 5.74) is 0. The number of piperazine rings is 1. The van der Waals surface area contributed by atoms with Gasteiger partial charge in [-0.05, 0) is 19.9 Å². The summed E-state index contributed by atoms with van der Waals surface area (Å²) in [5, 5.41) is 10.2. The highest BCUT2D eigenvalue weighted by molar-refractivity contribution is 5.76. The first-order chi connectivity index (χ1) is 11.1. The first kappa shape index (κ1) is 17.1. The molecule has 1 N–H and O–H groups in total. The summed E-state index contributed by atoms with van der Waals surface area (Å²) in [4.78, 5) is 19.1. The third-order valence-corrected chi connectivity index (χ3v) is 5.78. The number of carbonyl (C=O) groups excluding carboxylic acids is 1. The van der Waals surface area contributed by atoms with Crippen LogP contribution in [0, 0.1) is 5.92 Å². The van der Waals surface area contributed by atoms with Crippen LogP contribution < -0.4 is 0 Å². The van der Waals surface area contributed by atoms with E-state index in [1.54, 1.807) is 0 Å². The van der Waals surface area contributed by atoms with E-state index in [-0.39, 0.29) is 18.1 Å². The summed E-state index contributed by atoms with van der Waals surface area (Å²) in [5.74, 6) is 0.587. The van der Waals surface area contributed by atoms with Crippen molar-refractivity contribution in [3.8, 4) is 0 Å². The van der Waals surface area contributed by atoms with Crippen LogP contribution in [0.5, 0.6) is 0 Å². The van der Waals surface area contributed by atoms with Crippen molar-refractivity contribution in [2.75, 3.05) is 59.5 Å². The van der Waals surface area contributed by atoms with Crippen LogP contribution in [0.15, 0.2) is 0 Å². The zero-order valence-electron chi connectivity index (χ0n) is 14.3. The first-order valence-electron chi connectivity index (χ1n) is 9.11. The molecule has 23 heavy (non-hydrogen) atoms. The lowest BCUT2D eigenvalue weighted by molar-refractivity contribution is -0.134. The lowest BCUT2D eigenvalue weighted by atomic mass is 9.94. The maximum absolute atomic E-state index is 12.4. The van der Waals surface area contributed by atoms with Gasteiger partial charge in [-0.3, -0.25) is 9.69 Å². The second-order valence-corrected chi connectivity index (χ2v) is 7.27. The Morgan fingerprint density at radius 1 is 1.17 bits per heavy atom. The van der Waals surface area contributed by atoms with Crippen molar-refractivity contribution in [2.45, 2.75) is 37.8 Å². The van der Waals surface area contributed by atoms with Crippen LogP contribution in [0.3, 0.4) is 0 Å². The van der Waals surface area contributed by atoms with E-state index in [4.69, 9.17) is 4.74 Å². The largest absolute Gasteiger partial charge is 0.393 e. The maximum atomic E-state index is 12.4. The Bertz CT molecular complexity index is 399. The first-order valence-corrected chi connectivity index (χ1v) is 9.11. The van der Waals surface area contributed by atoms with E-state index < -0.39 is 0 Å². The Morgan fingerprint density at radius 2 is 1.96 bits per heavy atom. The molecule has 3 aliphatic rings. The van der Waals surface area contributed by atoms with E-state index in [9.17, 15) is 9.90 Å². The zero-order valence-corrected chi connectivity index (χ0v) is 14.3. The van der Waals surface area contributed by atoms with Crippen molar-refractivity contribution in [3.63, 3.8) is 0 Å². The fourth-order valence-electron chi connectivity index (χ4n) is 4.20. The van der Waals surface area contributed by atoms with Gasteiger partial charge in [-0.25, -0.2) is 0 Å². The fourth-order valence-corrected chi connectivity index (χ4v) is 4.20. The number of morpholine rings is 1. The Hall–Kier alpha value is -0.690. The summed E-state index contributed by atoms with van der Waals surface area (Å²) in [6.07, 6.45) is 3.49. The smallest absolute Gasteiger partial charge is 0.223 e. The Labute approximate surface area is 139 Å². The van der Waals surface area contributed by atoms with Gasteiger partial charge < -0.3 is 19.6 Å². The van der Waals surface area contributed by atoms with Gasteiger partial charge in [-0.15, -0.1) is 0 Å². The number of hydrogen-bond donors (Lipinski definition) is 1. The van der Waals surface area contributed by atoms with Gasteiger partial charge in [-0.1, -0.05) is 6.42 Å². The molecule has 2 heterocycles. The molecule has 0 bridgehead atoms. The van der Waals surface area contributed by atoms with E-state index in [1.165, 1.54) is 0 Å². The van der Waals surface area contributed by atoms with Crippen LogP contribution in [0.1, 0.15) is 25.7 Å². The number of hydrogen-bond acceptors (Lipinski definition) is 5. The van der Waals surface area contributed by atoms with Gasteiger partial charge in [0.15, 0.2) is 0 Å². The van der Waals surface area contributed by atoms with Gasteiger partial charge in [0, 0.05) is 57.6 Å². The van der Waals surface area contributed by atoms with Gasteiger partial charge in [0.1, 0.15) is 0 Å². The molecule has 0 spiro atoms. The number of aliphatic hydroxyl groups is 1. The monoisotopic (exact) mass is 325 g/mol. The van der Waals surface area contributed by atoms with E-state index >= 15 is 0 Å². The summed E-state index contributed by atoms with van der Waals surface area (Å²) >= 11 is 0. The molecule has 3 rings (SSSR count). The normalized spacial score (nSPS) is 34.0. The highest BCUT2D eigenvalue weighted by Gasteiger charge is 2.37. The lowest BCUT2D eigenvalue weighted by Crippen LogP contribution is -2.52. The molecule has 0 aromatic heterocycles. The number of carbonyl (C=O) groups is 1.